The van der Waals surface area contributed by atoms with Crippen LogP contribution in [0.15, 0.2) is 22.6 Å². The van der Waals surface area contributed by atoms with E-state index >= 15 is 0 Å². The van der Waals surface area contributed by atoms with Gasteiger partial charge in [0.2, 0.25) is 5.91 Å². The standard InChI is InChI=1S/C11H13N3O3/c1-12-10(15)6-13-11-14-8-4-3-7(16-2)5-9(8)17-11/h3-5H,6H2,1-2H3,(H,12,15)(H,13,14). The van der Waals surface area contributed by atoms with Crippen LogP contribution in [0.3, 0.4) is 0 Å². The molecule has 0 saturated heterocycles. The normalized spacial score (nSPS) is 10.2. The van der Waals surface area contributed by atoms with Crippen molar-refractivity contribution in [2.45, 2.75) is 0 Å². The van der Waals surface area contributed by atoms with E-state index in [0.717, 1.165) is 0 Å². The average molecular weight is 235 g/mol. The van der Waals surface area contributed by atoms with Crippen LogP contribution in [-0.2, 0) is 4.79 Å². The lowest BCUT2D eigenvalue weighted by Crippen LogP contribution is -2.26. The van der Waals surface area contributed by atoms with Crippen molar-refractivity contribution in [3.63, 3.8) is 0 Å². The molecule has 0 fully saturated rings. The third kappa shape index (κ3) is 2.47. The average Bonchev–Trinajstić information content (AvgIpc) is 2.77. The Balaban J connectivity index is 2.17. The number of fused-ring (bicyclic) bond motifs is 1. The lowest BCUT2D eigenvalue weighted by molar-refractivity contribution is -0.118. The van der Waals surface area contributed by atoms with Gasteiger partial charge in [0.1, 0.15) is 11.3 Å². The molecule has 0 spiro atoms. The number of amides is 1. The smallest absolute Gasteiger partial charge is 0.296 e. The summed E-state index contributed by atoms with van der Waals surface area (Å²) < 4.78 is 10.5. The van der Waals surface area contributed by atoms with Crippen molar-refractivity contribution in [3.05, 3.63) is 18.2 Å². The third-order valence-corrected chi connectivity index (χ3v) is 2.27. The number of aromatic nitrogens is 1. The summed E-state index contributed by atoms with van der Waals surface area (Å²) in [6, 6.07) is 5.65. The van der Waals surface area contributed by atoms with Crippen LogP contribution in [0.2, 0.25) is 0 Å². The minimum Gasteiger partial charge on any atom is -0.497 e. The highest BCUT2D eigenvalue weighted by molar-refractivity contribution is 5.81. The van der Waals surface area contributed by atoms with Crippen LogP contribution >= 0.6 is 0 Å². The molecule has 1 aromatic carbocycles. The number of anilines is 1. The molecule has 1 amide bonds. The van der Waals surface area contributed by atoms with Gasteiger partial charge in [0.25, 0.3) is 6.01 Å². The topological polar surface area (TPSA) is 76.4 Å². The highest BCUT2D eigenvalue weighted by Gasteiger charge is 2.07. The van der Waals surface area contributed by atoms with Gasteiger partial charge in [-0.05, 0) is 12.1 Å². The minimum atomic E-state index is -0.134. The molecule has 2 aromatic rings. The first-order chi connectivity index (χ1) is 8.22. The molecule has 0 saturated carbocycles. The quantitative estimate of drug-likeness (QED) is 0.826. The lowest BCUT2D eigenvalue weighted by Gasteiger charge is -1.98. The van der Waals surface area contributed by atoms with Crippen molar-refractivity contribution in [3.8, 4) is 5.75 Å². The Morgan fingerprint density at radius 2 is 2.35 bits per heavy atom. The Kier molecular flexibility index (Phi) is 3.13. The van der Waals surface area contributed by atoms with Gasteiger partial charge in [0, 0.05) is 13.1 Å². The number of rotatable bonds is 4. The van der Waals surface area contributed by atoms with E-state index in [1.54, 1.807) is 32.4 Å². The van der Waals surface area contributed by atoms with E-state index in [2.05, 4.69) is 15.6 Å². The number of oxazole rings is 1. The summed E-state index contributed by atoms with van der Waals surface area (Å²) in [5.41, 5.74) is 1.33. The van der Waals surface area contributed by atoms with Crippen molar-refractivity contribution in [2.75, 3.05) is 26.0 Å². The van der Waals surface area contributed by atoms with Crippen LogP contribution in [0.1, 0.15) is 0 Å². The van der Waals surface area contributed by atoms with E-state index in [9.17, 15) is 4.79 Å². The molecule has 2 N–H and O–H groups in total. The summed E-state index contributed by atoms with van der Waals surface area (Å²) in [6.07, 6.45) is 0. The van der Waals surface area contributed by atoms with Crippen molar-refractivity contribution in [1.82, 2.24) is 10.3 Å². The molecule has 90 valence electrons. The number of hydrogen-bond donors (Lipinski definition) is 2. The second-order valence-electron chi connectivity index (χ2n) is 3.38. The fourth-order valence-corrected chi connectivity index (χ4v) is 1.35. The molecule has 6 heteroatoms. The summed E-state index contributed by atoms with van der Waals surface area (Å²) >= 11 is 0. The Morgan fingerprint density at radius 1 is 1.53 bits per heavy atom. The Morgan fingerprint density at radius 3 is 3.06 bits per heavy atom. The molecule has 0 atom stereocenters. The van der Waals surface area contributed by atoms with Gasteiger partial charge in [-0.15, -0.1) is 0 Å². The van der Waals surface area contributed by atoms with Gasteiger partial charge in [0.05, 0.1) is 13.7 Å². The fourth-order valence-electron chi connectivity index (χ4n) is 1.35. The first-order valence-corrected chi connectivity index (χ1v) is 5.12. The van der Waals surface area contributed by atoms with E-state index in [0.29, 0.717) is 22.9 Å². The van der Waals surface area contributed by atoms with Crippen LogP contribution in [0.4, 0.5) is 6.01 Å². The minimum absolute atomic E-state index is 0.125. The van der Waals surface area contributed by atoms with E-state index < -0.39 is 0 Å². The molecule has 0 radical (unpaired) electrons. The van der Waals surface area contributed by atoms with Crippen LogP contribution in [0.5, 0.6) is 5.75 Å². The second-order valence-corrected chi connectivity index (χ2v) is 3.38. The second kappa shape index (κ2) is 4.73. The first-order valence-electron chi connectivity index (χ1n) is 5.12. The van der Waals surface area contributed by atoms with Crippen molar-refractivity contribution in [1.29, 1.82) is 0 Å². The first kappa shape index (κ1) is 11.3. The maximum Gasteiger partial charge on any atom is 0.296 e. The highest BCUT2D eigenvalue weighted by atomic mass is 16.5. The van der Waals surface area contributed by atoms with Gasteiger partial charge < -0.3 is 19.8 Å². The molecule has 0 unspecified atom stereocenters. The molecule has 0 aliphatic carbocycles. The Hall–Kier alpha value is -2.24. The van der Waals surface area contributed by atoms with Crippen LogP contribution < -0.4 is 15.4 Å². The van der Waals surface area contributed by atoms with E-state index in [1.165, 1.54) is 0 Å². The van der Waals surface area contributed by atoms with Crippen LogP contribution in [0.25, 0.3) is 11.1 Å². The van der Waals surface area contributed by atoms with Gasteiger partial charge in [0.15, 0.2) is 5.58 Å². The summed E-state index contributed by atoms with van der Waals surface area (Å²) in [5, 5.41) is 5.29. The number of hydrogen-bond acceptors (Lipinski definition) is 5. The largest absolute Gasteiger partial charge is 0.497 e. The van der Waals surface area contributed by atoms with Gasteiger partial charge in [-0.3, -0.25) is 4.79 Å². The fraction of sp³-hybridized carbons (Fsp3) is 0.273. The van der Waals surface area contributed by atoms with Crippen molar-refractivity contribution >= 4 is 23.0 Å². The summed E-state index contributed by atoms with van der Waals surface area (Å²) in [4.78, 5) is 15.2. The number of benzene rings is 1. The van der Waals surface area contributed by atoms with Gasteiger partial charge in [-0.1, -0.05) is 0 Å². The van der Waals surface area contributed by atoms with Crippen LogP contribution in [0, 0.1) is 0 Å². The number of methoxy groups -OCH3 is 1. The van der Waals surface area contributed by atoms with E-state index in [4.69, 9.17) is 9.15 Å². The molecule has 1 aromatic heterocycles. The molecule has 0 aliphatic rings. The molecule has 0 aliphatic heterocycles. The monoisotopic (exact) mass is 235 g/mol. The van der Waals surface area contributed by atoms with Crippen LogP contribution in [-0.4, -0.2) is 31.6 Å². The molecule has 6 nitrogen and oxygen atoms in total. The number of nitrogens with one attached hydrogen (secondary N) is 2. The Bertz CT molecular complexity index is 536. The van der Waals surface area contributed by atoms with Gasteiger partial charge in [-0.25, -0.2) is 0 Å². The third-order valence-electron chi connectivity index (χ3n) is 2.27. The zero-order chi connectivity index (χ0) is 12.3. The molecule has 17 heavy (non-hydrogen) atoms. The predicted octanol–water partition coefficient (Wildman–Crippen LogP) is 0.994. The summed E-state index contributed by atoms with van der Waals surface area (Å²) in [6.45, 7) is 0.125. The van der Waals surface area contributed by atoms with Crippen molar-refractivity contribution in [2.24, 2.45) is 0 Å². The zero-order valence-electron chi connectivity index (χ0n) is 9.61. The Labute approximate surface area is 98.0 Å². The maximum atomic E-state index is 11.0. The molecular weight excluding hydrogens is 222 g/mol. The SMILES string of the molecule is CNC(=O)CNc1nc2ccc(OC)cc2o1. The molecule has 2 rings (SSSR count). The van der Waals surface area contributed by atoms with E-state index in [-0.39, 0.29) is 12.5 Å². The molecular formula is C11H13N3O3. The van der Waals surface area contributed by atoms with Gasteiger partial charge in [-0.2, -0.15) is 4.98 Å². The molecule has 0 bridgehead atoms. The number of carbonyl (C=O) groups is 1. The van der Waals surface area contributed by atoms with Crippen molar-refractivity contribution < 1.29 is 13.9 Å². The van der Waals surface area contributed by atoms with Gasteiger partial charge >= 0.3 is 0 Å². The zero-order valence-corrected chi connectivity index (χ0v) is 9.61. The molecule has 1 heterocycles. The number of likely N-dealkylation sites (N-methyl/N-ethyl adjacent to an activating group) is 1. The van der Waals surface area contributed by atoms with E-state index in [1.807, 2.05) is 0 Å². The summed E-state index contributed by atoms with van der Waals surface area (Å²) in [5.74, 6) is 0.566. The predicted molar refractivity (Wildman–Crippen MR) is 63.1 cm³/mol. The number of nitrogens with zero attached hydrogens (tertiary/aromatic N) is 1. The number of carbonyl (C=O) groups excluding carboxylic acids is 1. The summed E-state index contributed by atoms with van der Waals surface area (Å²) in [7, 11) is 3.16. The lowest BCUT2D eigenvalue weighted by atomic mass is 10.3. The maximum absolute atomic E-state index is 11.0. The number of ether oxygens (including phenoxy) is 1. The highest BCUT2D eigenvalue weighted by Crippen LogP contribution is 2.23.